The Balaban J connectivity index is 1.78. The lowest BCUT2D eigenvalue weighted by Crippen LogP contribution is -2.39. The molecular formula is C17H15N5O2S. The number of nitrogens with zero attached hydrogens (tertiary/aromatic N) is 4. The highest BCUT2D eigenvalue weighted by Crippen LogP contribution is 2.34. The molecule has 25 heavy (non-hydrogen) atoms. The number of hydrogen-bond acceptors (Lipinski definition) is 5. The van der Waals surface area contributed by atoms with Crippen molar-refractivity contribution in [2.24, 2.45) is 0 Å². The molecule has 2 aromatic carbocycles. The zero-order valence-corrected chi connectivity index (χ0v) is 14.0. The maximum absolute atomic E-state index is 12.0. The highest BCUT2D eigenvalue weighted by Gasteiger charge is 2.33. The fourth-order valence-electron chi connectivity index (χ4n) is 3.29. The van der Waals surface area contributed by atoms with Crippen LogP contribution in [0.2, 0.25) is 0 Å². The van der Waals surface area contributed by atoms with Gasteiger partial charge in [-0.25, -0.2) is 9.48 Å². The van der Waals surface area contributed by atoms with Crippen molar-refractivity contribution in [2.45, 2.75) is 12.5 Å². The molecule has 1 aliphatic heterocycles. The van der Waals surface area contributed by atoms with E-state index in [2.05, 4.69) is 15.5 Å². The van der Waals surface area contributed by atoms with E-state index in [1.165, 1.54) is 0 Å². The SMILES string of the molecule is O=C(O)C1c2ccccc2CCN1c1cccc(-n2[nH]nnc2=S)c1. The topological polar surface area (TPSA) is 87.0 Å². The second-order valence-corrected chi connectivity index (χ2v) is 6.19. The molecule has 0 spiro atoms. The summed E-state index contributed by atoms with van der Waals surface area (Å²) in [5.74, 6) is -0.864. The molecule has 0 aliphatic carbocycles. The molecule has 0 radical (unpaired) electrons. The number of anilines is 1. The minimum Gasteiger partial charge on any atom is -0.479 e. The standard InChI is InChI=1S/C17H15N5O2S/c23-16(24)15-14-7-2-1-4-11(14)8-9-21(15)12-5-3-6-13(10-12)22-17(25)18-19-20-22/h1-7,10,15H,8-9H2,(H,23,24)(H,18,20,25). The fourth-order valence-corrected chi connectivity index (χ4v) is 3.47. The Bertz CT molecular complexity index is 996. The van der Waals surface area contributed by atoms with Crippen LogP contribution in [0.25, 0.3) is 5.69 Å². The number of hydrogen-bond donors (Lipinski definition) is 2. The van der Waals surface area contributed by atoms with Crippen LogP contribution in [-0.2, 0) is 11.2 Å². The Kier molecular flexibility index (Phi) is 3.81. The van der Waals surface area contributed by atoms with Crippen molar-refractivity contribution in [3.05, 3.63) is 64.4 Å². The molecule has 1 aromatic heterocycles. The monoisotopic (exact) mass is 353 g/mol. The predicted molar refractivity (Wildman–Crippen MR) is 94.4 cm³/mol. The molecule has 0 saturated heterocycles. The molecule has 3 aromatic rings. The number of H-pyrrole nitrogens is 1. The Hall–Kier alpha value is -3.00. The van der Waals surface area contributed by atoms with E-state index in [1.54, 1.807) is 4.68 Å². The number of aliphatic carboxylic acids is 1. The first-order chi connectivity index (χ1) is 12.1. The molecule has 1 aliphatic rings. The number of carbonyl (C=O) groups is 1. The third-order valence-electron chi connectivity index (χ3n) is 4.41. The van der Waals surface area contributed by atoms with Gasteiger partial charge in [0.1, 0.15) is 0 Å². The number of rotatable bonds is 3. The summed E-state index contributed by atoms with van der Waals surface area (Å²) >= 11 is 5.13. The summed E-state index contributed by atoms with van der Waals surface area (Å²) in [6, 6.07) is 14.5. The molecule has 0 fully saturated rings. The minimum absolute atomic E-state index is 0.316. The van der Waals surface area contributed by atoms with Gasteiger partial charge in [0.2, 0.25) is 4.77 Å². The van der Waals surface area contributed by atoms with Crippen molar-refractivity contribution in [1.82, 2.24) is 20.2 Å². The smallest absolute Gasteiger partial charge is 0.331 e. The summed E-state index contributed by atoms with van der Waals surface area (Å²) in [4.78, 5) is 13.9. The summed E-state index contributed by atoms with van der Waals surface area (Å²) < 4.78 is 1.89. The van der Waals surface area contributed by atoms with Crippen molar-refractivity contribution >= 4 is 23.9 Å². The maximum Gasteiger partial charge on any atom is 0.331 e. The molecule has 2 heterocycles. The molecule has 4 rings (SSSR count). The van der Waals surface area contributed by atoms with E-state index in [1.807, 2.05) is 53.4 Å². The Labute approximate surface area is 148 Å². The number of fused-ring (bicyclic) bond motifs is 1. The lowest BCUT2D eigenvalue weighted by molar-refractivity contribution is -0.138. The zero-order valence-electron chi connectivity index (χ0n) is 13.2. The van der Waals surface area contributed by atoms with Crippen LogP contribution < -0.4 is 4.90 Å². The van der Waals surface area contributed by atoms with Crippen molar-refractivity contribution in [3.63, 3.8) is 0 Å². The molecule has 2 N–H and O–H groups in total. The fraction of sp³-hybridized carbons (Fsp3) is 0.176. The number of aromatic amines is 1. The predicted octanol–water partition coefficient (Wildman–Crippen LogP) is 2.51. The molecule has 1 unspecified atom stereocenters. The van der Waals surface area contributed by atoms with Crippen molar-refractivity contribution < 1.29 is 9.90 Å². The van der Waals surface area contributed by atoms with Gasteiger partial charge in [0.05, 0.1) is 5.69 Å². The molecule has 0 amide bonds. The summed E-state index contributed by atoms with van der Waals surface area (Å²) in [5.41, 5.74) is 3.50. The van der Waals surface area contributed by atoms with Gasteiger partial charge in [-0.15, -0.1) is 0 Å². The van der Waals surface area contributed by atoms with Crippen LogP contribution in [0.5, 0.6) is 0 Å². The summed E-state index contributed by atoms with van der Waals surface area (Å²) in [6.45, 7) is 0.629. The first-order valence-electron chi connectivity index (χ1n) is 7.83. The van der Waals surface area contributed by atoms with Gasteiger partial charge in [-0.2, -0.15) is 5.21 Å². The van der Waals surface area contributed by atoms with E-state index in [4.69, 9.17) is 12.2 Å². The van der Waals surface area contributed by atoms with Gasteiger partial charge in [0, 0.05) is 12.2 Å². The Morgan fingerprint density at radius 2 is 2.00 bits per heavy atom. The van der Waals surface area contributed by atoms with Crippen LogP contribution in [0.15, 0.2) is 48.5 Å². The maximum atomic E-state index is 12.0. The number of aromatic nitrogens is 4. The lowest BCUT2D eigenvalue weighted by atomic mass is 9.92. The van der Waals surface area contributed by atoms with E-state index in [0.717, 1.165) is 28.9 Å². The van der Waals surface area contributed by atoms with Crippen molar-refractivity contribution in [2.75, 3.05) is 11.4 Å². The third-order valence-corrected chi connectivity index (χ3v) is 4.67. The molecule has 8 heteroatoms. The molecule has 0 bridgehead atoms. The summed E-state index contributed by atoms with van der Waals surface area (Å²) in [5, 5.41) is 20.0. The number of carboxylic acids is 1. The molecule has 1 atom stereocenters. The number of nitrogens with one attached hydrogen (secondary N) is 1. The van der Waals surface area contributed by atoms with E-state index in [0.29, 0.717) is 11.3 Å². The van der Waals surface area contributed by atoms with E-state index < -0.39 is 12.0 Å². The highest BCUT2D eigenvalue weighted by atomic mass is 32.1. The van der Waals surface area contributed by atoms with Gasteiger partial charge < -0.3 is 10.0 Å². The molecule has 7 nitrogen and oxygen atoms in total. The Morgan fingerprint density at radius 3 is 2.76 bits per heavy atom. The Morgan fingerprint density at radius 1 is 1.20 bits per heavy atom. The molecule has 0 saturated carbocycles. The van der Waals surface area contributed by atoms with Crippen molar-refractivity contribution in [3.8, 4) is 5.69 Å². The highest BCUT2D eigenvalue weighted by molar-refractivity contribution is 7.71. The first-order valence-corrected chi connectivity index (χ1v) is 8.24. The first kappa shape index (κ1) is 15.5. The molecular weight excluding hydrogens is 338 g/mol. The van der Waals surface area contributed by atoms with Crippen LogP contribution in [0.4, 0.5) is 5.69 Å². The average Bonchev–Trinajstić information content (AvgIpc) is 3.06. The normalized spacial score (nSPS) is 16.5. The van der Waals surface area contributed by atoms with Crippen LogP contribution >= 0.6 is 12.2 Å². The van der Waals surface area contributed by atoms with Crippen LogP contribution in [0.1, 0.15) is 17.2 Å². The zero-order chi connectivity index (χ0) is 17.4. The largest absolute Gasteiger partial charge is 0.479 e. The number of benzene rings is 2. The van der Waals surface area contributed by atoms with Gasteiger partial charge in [0.25, 0.3) is 0 Å². The lowest BCUT2D eigenvalue weighted by Gasteiger charge is -2.36. The summed E-state index contributed by atoms with van der Waals surface area (Å²) in [6.07, 6.45) is 0.801. The number of tetrazole rings is 1. The quantitative estimate of drug-likeness (QED) is 0.704. The van der Waals surface area contributed by atoms with E-state index in [-0.39, 0.29) is 0 Å². The molecule has 126 valence electrons. The van der Waals surface area contributed by atoms with E-state index in [9.17, 15) is 9.90 Å². The van der Waals surface area contributed by atoms with Gasteiger partial charge in [-0.05, 0) is 48.0 Å². The van der Waals surface area contributed by atoms with Gasteiger partial charge in [0.15, 0.2) is 6.04 Å². The van der Waals surface area contributed by atoms with Gasteiger partial charge in [-0.3, -0.25) is 0 Å². The summed E-state index contributed by atoms with van der Waals surface area (Å²) in [7, 11) is 0. The van der Waals surface area contributed by atoms with E-state index >= 15 is 0 Å². The van der Waals surface area contributed by atoms with Crippen LogP contribution in [0.3, 0.4) is 0 Å². The van der Waals surface area contributed by atoms with Crippen molar-refractivity contribution in [1.29, 1.82) is 0 Å². The van der Waals surface area contributed by atoms with Gasteiger partial charge in [-0.1, -0.05) is 40.6 Å². The van der Waals surface area contributed by atoms with Gasteiger partial charge >= 0.3 is 5.97 Å². The van der Waals surface area contributed by atoms with Crippen LogP contribution in [-0.4, -0.2) is 37.8 Å². The average molecular weight is 353 g/mol. The second kappa shape index (κ2) is 6.14. The van der Waals surface area contributed by atoms with Crippen LogP contribution in [0, 0.1) is 4.77 Å². The minimum atomic E-state index is -0.864. The number of carboxylic acid groups (broad SMARTS) is 1. The third kappa shape index (κ3) is 2.70. The second-order valence-electron chi connectivity index (χ2n) is 5.82.